The molecule has 2 heteroatoms. The van der Waals surface area contributed by atoms with Crippen LogP contribution in [-0.2, 0) is 0 Å². The summed E-state index contributed by atoms with van der Waals surface area (Å²) in [5.74, 6) is 0.562. The van der Waals surface area contributed by atoms with Crippen LogP contribution in [0, 0.1) is 30.4 Å². The fraction of sp³-hybridized carbons (Fsp3) is 0.714. The van der Waals surface area contributed by atoms with E-state index in [4.69, 9.17) is 0 Å². The smallest absolute Gasteiger partial charge is 0.162 e. The van der Waals surface area contributed by atoms with Gasteiger partial charge in [0, 0.05) is 0 Å². The SMILES string of the molecule is CCCCC(CCC)C1CCC(c2ccc(C)c(F)c2F)CC1. The highest BCUT2D eigenvalue weighted by atomic mass is 19.2. The number of rotatable bonds is 7. The van der Waals surface area contributed by atoms with Crippen molar-refractivity contribution in [2.75, 3.05) is 0 Å². The summed E-state index contributed by atoms with van der Waals surface area (Å²) in [5, 5.41) is 0. The predicted octanol–water partition coefficient (Wildman–Crippen LogP) is 7.15. The van der Waals surface area contributed by atoms with Crippen molar-refractivity contribution in [2.45, 2.75) is 84.5 Å². The molecule has 1 aliphatic rings. The highest BCUT2D eigenvalue weighted by molar-refractivity contribution is 5.28. The Morgan fingerprint density at radius 1 is 0.957 bits per heavy atom. The molecule has 0 amide bonds. The molecule has 0 spiro atoms. The summed E-state index contributed by atoms with van der Waals surface area (Å²) in [6, 6.07) is 3.53. The summed E-state index contributed by atoms with van der Waals surface area (Å²) < 4.78 is 28.0. The van der Waals surface area contributed by atoms with Crippen LogP contribution in [0.2, 0.25) is 0 Å². The van der Waals surface area contributed by atoms with Crippen molar-refractivity contribution in [2.24, 2.45) is 11.8 Å². The summed E-state index contributed by atoms with van der Waals surface area (Å²) in [7, 11) is 0. The second kappa shape index (κ2) is 8.80. The van der Waals surface area contributed by atoms with Crippen LogP contribution in [0.5, 0.6) is 0 Å². The zero-order valence-electron chi connectivity index (χ0n) is 15.0. The molecule has 0 heterocycles. The fourth-order valence-electron chi connectivity index (χ4n) is 4.33. The Morgan fingerprint density at radius 2 is 1.65 bits per heavy atom. The summed E-state index contributed by atoms with van der Waals surface area (Å²) in [4.78, 5) is 0. The van der Waals surface area contributed by atoms with E-state index in [-0.39, 0.29) is 5.92 Å². The lowest BCUT2D eigenvalue weighted by Gasteiger charge is -2.34. The summed E-state index contributed by atoms with van der Waals surface area (Å²) in [6.07, 6.45) is 10.9. The molecule has 0 saturated heterocycles. The van der Waals surface area contributed by atoms with E-state index >= 15 is 0 Å². The van der Waals surface area contributed by atoms with Crippen LogP contribution < -0.4 is 0 Å². The van der Waals surface area contributed by atoms with Crippen LogP contribution in [0.15, 0.2) is 12.1 Å². The third-order valence-electron chi connectivity index (χ3n) is 5.77. The van der Waals surface area contributed by atoms with Gasteiger partial charge in [0.2, 0.25) is 0 Å². The number of hydrogen-bond donors (Lipinski definition) is 0. The van der Waals surface area contributed by atoms with E-state index in [9.17, 15) is 8.78 Å². The van der Waals surface area contributed by atoms with Gasteiger partial charge in [0.1, 0.15) is 0 Å². The van der Waals surface area contributed by atoms with E-state index in [1.165, 1.54) is 44.9 Å². The van der Waals surface area contributed by atoms with Crippen molar-refractivity contribution in [1.29, 1.82) is 0 Å². The van der Waals surface area contributed by atoms with Gasteiger partial charge in [-0.25, -0.2) is 8.78 Å². The largest absolute Gasteiger partial charge is 0.203 e. The molecule has 1 fully saturated rings. The first-order valence-corrected chi connectivity index (χ1v) is 9.52. The standard InChI is InChI=1S/C21H32F2/c1-4-6-8-16(7-5-2)17-10-12-18(13-11-17)19-14-9-15(3)20(22)21(19)23/h9,14,16-18H,4-8,10-13H2,1-3H3. The average molecular weight is 322 g/mol. The summed E-state index contributed by atoms with van der Waals surface area (Å²) in [6.45, 7) is 6.16. The van der Waals surface area contributed by atoms with E-state index in [1.807, 2.05) is 0 Å². The van der Waals surface area contributed by atoms with Crippen molar-refractivity contribution in [1.82, 2.24) is 0 Å². The number of aryl methyl sites for hydroxylation is 1. The molecule has 1 unspecified atom stereocenters. The monoisotopic (exact) mass is 322 g/mol. The lowest BCUT2D eigenvalue weighted by molar-refractivity contribution is 0.205. The first-order valence-electron chi connectivity index (χ1n) is 9.52. The van der Waals surface area contributed by atoms with E-state index in [0.29, 0.717) is 11.1 Å². The Hall–Kier alpha value is -0.920. The molecule has 0 N–H and O–H groups in total. The van der Waals surface area contributed by atoms with Gasteiger partial charge in [-0.2, -0.15) is 0 Å². The molecule has 0 bridgehead atoms. The summed E-state index contributed by atoms with van der Waals surface area (Å²) in [5.41, 5.74) is 1.01. The van der Waals surface area contributed by atoms with Gasteiger partial charge in [0.25, 0.3) is 0 Å². The number of halogens is 2. The molecule has 0 aromatic heterocycles. The van der Waals surface area contributed by atoms with Gasteiger partial charge in [-0.15, -0.1) is 0 Å². The van der Waals surface area contributed by atoms with Crippen LogP contribution >= 0.6 is 0 Å². The summed E-state index contributed by atoms with van der Waals surface area (Å²) >= 11 is 0. The molecule has 0 nitrogen and oxygen atoms in total. The lowest BCUT2D eigenvalue weighted by Crippen LogP contribution is -2.22. The van der Waals surface area contributed by atoms with E-state index in [2.05, 4.69) is 13.8 Å². The van der Waals surface area contributed by atoms with Gasteiger partial charge in [-0.3, -0.25) is 0 Å². The topological polar surface area (TPSA) is 0 Å². The molecular formula is C21H32F2. The molecule has 1 aliphatic carbocycles. The minimum absolute atomic E-state index is 0.204. The lowest BCUT2D eigenvalue weighted by atomic mass is 9.71. The van der Waals surface area contributed by atoms with Crippen molar-refractivity contribution < 1.29 is 8.78 Å². The molecule has 1 saturated carbocycles. The van der Waals surface area contributed by atoms with Crippen LogP contribution in [0.1, 0.15) is 88.7 Å². The Morgan fingerprint density at radius 3 is 2.26 bits per heavy atom. The second-order valence-corrected chi connectivity index (χ2v) is 7.40. The van der Waals surface area contributed by atoms with Crippen molar-refractivity contribution in [3.8, 4) is 0 Å². The zero-order valence-corrected chi connectivity index (χ0v) is 15.0. The molecule has 2 rings (SSSR count). The maximum atomic E-state index is 14.2. The fourth-order valence-corrected chi connectivity index (χ4v) is 4.33. The van der Waals surface area contributed by atoms with Gasteiger partial charge in [-0.1, -0.05) is 58.1 Å². The third-order valence-corrected chi connectivity index (χ3v) is 5.77. The average Bonchev–Trinajstić information content (AvgIpc) is 2.57. The Labute approximate surface area is 140 Å². The Kier molecular flexibility index (Phi) is 7.05. The van der Waals surface area contributed by atoms with Crippen molar-refractivity contribution >= 4 is 0 Å². The molecule has 23 heavy (non-hydrogen) atoms. The van der Waals surface area contributed by atoms with Gasteiger partial charge in [0.05, 0.1) is 0 Å². The first-order chi connectivity index (χ1) is 11.1. The van der Waals surface area contributed by atoms with Gasteiger partial charge >= 0.3 is 0 Å². The van der Waals surface area contributed by atoms with E-state index in [1.54, 1.807) is 19.1 Å². The zero-order chi connectivity index (χ0) is 16.8. The van der Waals surface area contributed by atoms with Crippen LogP contribution in [0.3, 0.4) is 0 Å². The molecule has 1 aromatic carbocycles. The minimum atomic E-state index is -0.656. The molecular weight excluding hydrogens is 290 g/mol. The van der Waals surface area contributed by atoms with Gasteiger partial charge in [0.15, 0.2) is 11.6 Å². The molecule has 1 atom stereocenters. The first kappa shape index (κ1) is 18.4. The van der Waals surface area contributed by atoms with E-state index < -0.39 is 11.6 Å². The highest BCUT2D eigenvalue weighted by Gasteiger charge is 2.29. The quantitative estimate of drug-likeness (QED) is 0.500. The maximum absolute atomic E-state index is 14.2. The molecule has 1 aromatic rings. The predicted molar refractivity (Wildman–Crippen MR) is 93.7 cm³/mol. The maximum Gasteiger partial charge on any atom is 0.162 e. The van der Waals surface area contributed by atoms with Gasteiger partial charge in [-0.05, 0) is 61.5 Å². The Balaban J connectivity index is 1.98. The normalized spacial score (nSPS) is 23.0. The van der Waals surface area contributed by atoms with Crippen LogP contribution in [-0.4, -0.2) is 0 Å². The van der Waals surface area contributed by atoms with Crippen molar-refractivity contribution in [3.05, 3.63) is 34.9 Å². The molecule has 0 radical (unpaired) electrons. The number of hydrogen-bond acceptors (Lipinski definition) is 0. The van der Waals surface area contributed by atoms with Crippen LogP contribution in [0.4, 0.5) is 8.78 Å². The second-order valence-electron chi connectivity index (χ2n) is 7.40. The van der Waals surface area contributed by atoms with Crippen LogP contribution in [0.25, 0.3) is 0 Å². The molecule has 130 valence electrons. The van der Waals surface area contributed by atoms with Gasteiger partial charge < -0.3 is 0 Å². The van der Waals surface area contributed by atoms with Crippen molar-refractivity contribution in [3.63, 3.8) is 0 Å². The highest BCUT2D eigenvalue weighted by Crippen LogP contribution is 2.42. The number of unbranched alkanes of at least 4 members (excludes halogenated alkanes) is 1. The third kappa shape index (κ3) is 4.55. The van der Waals surface area contributed by atoms with E-state index in [0.717, 1.165) is 24.7 Å². The minimum Gasteiger partial charge on any atom is -0.203 e. The number of benzene rings is 1. The molecule has 0 aliphatic heterocycles. The Bertz CT molecular complexity index is 487.